The Kier molecular flexibility index (Phi) is 5.11. The molecule has 1 aromatic heterocycles. The lowest BCUT2D eigenvalue weighted by molar-refractivity contribution is 0.0975. The number of aromatic nitrogens is 1. The van der Waals surface area contributed by atoms with Crippen molar-refractivity contribution >= 4 is 5.82 Å². The molecule has 0 amide bonds. The molecule has 0 saturated heterocycles. The molecule has 5 heteroatoms. The first-order valence-electron chi connectivity index (χ1n) is 5.27. The van der Waals surface area contributed by atoms with Gasteiger partial charge in [-0.2, -0.15) is 0 Å². The number of nitrogens with one attached hydrogen (secondary N) is 1. The van der Waals surface area contributed by atoms with E-state index >= 15 is 0 Å². The van der Waals surface area contributed by atoms with Gasteiger partial charge in [0.05, 0.1) is 6.54 Å². The van der Waals surface area contributed by atoms with Crippen molar-refractivity contribution in [2.75, 3.05) is 25.5 Å². The van der Waals surface area contributed by atoms with Crippen LogP contribution in [-0.2, 0) is 6.54 Å². The first-order valence-corrected chi connectivity index (χ1v) is 5.27. The zero-order chi connectivity index (χ0) is 12.0. The van der Waals surface area contributed by atoms with Gasteiger partial charge in [0.25, 0.3) is 6.43 Å². The summed E-state index contributed by atoms with van der Waals surface area (Å²) in [5.74, 6) is 0.783. The van der Waals surface area contributed by atoms with Crippen LogP contribution in [0.15, 0.2) is 18.3 Å². The molecule has 1 aromatic rings. The lowest BCUT2D eigenvalue weighted by Gasteiger charge is -2.16. The highest BCUT2D eigenvalue weighted by atomic mass is 19.3. The van der Waals surface area contributed by atoms with Crippen molar-refractivity contribution in [3.05, 3.63) is 23.9 Å². The Labute approximate surface area is 94.5 Å². The third kappa shape index (κ3) is 4.53. The summed E-state index contributed by atoms with van der Waals surface area (Å²) in [4.78, 5) is 5.71. The molecule has 0 aliphatic carbocycles. The Morgan fingerprint density at radius 3 is 2.88 bits per heavy atom. The number of anilines is 1. The highest BCUT2D eigenvalue weighted by molar-refractivity contribution is 5.37. The van der Waals surface area contributed by atoms with E-state index in [-0.39, 0.29) is 6.54 Å². The lowest BCUT2D eigenvalue weighted by atomic mass is 10.2. The average molecular weight is 229 g/mol. The van der Waals surface area contributed by atoms with Gasteiger partial charge in [0.2, 0.25) is 0 Å². The maximum absolute atomic E-state index is 12.1. The second kappa shape index (κ2) is 6.37. The topological polar surface area (TPSA) is 28.2 Å². The SMILES string of the molecule is CCNc1cc(CN(C)CC(F)F)ccn1. The molecule has 1 heterocycles. The van der Waals surface area contributed by atoms with Crippen molar-refractivity contribution in [1.29, 1.82) is 0 Å². The number of nitrogens with zero attached hydrogens (tertiary/aromatic N) is 2. The first-order chi connectivity index (χ1) is 7.61. The van der Waals surface area contributed by atoms with Crippen molar-refractivity contribution in [3.8, 4) is 0 Å². The summed E-state index contributed by atoms with van der Waals surface area (Å²) in [6.45, 7) is 3.07. The second-order valence-corrected chi connectivity index (χ2v) is 3.67. The third-order valence-electron chi connectivity index (χ3n) is 2.08. The minimum atomic E-state index is -2.29. The van der Waals surface area contributed by atoms with Crippen molar-refractivity contribution in [3.63, 3.8) is 0 Å². The van der Waals surface area contributed by atoms with Gasteiger partial charge in [-0.15, -0.1) is 0 Å². The van der Waals surface area contributed by atoms with Gasteiger partial charge in [-0.25, -0.2) is 13.8 Å². The predicted octanol–water partition coefficient (Wildman–Crippen LogP) is 2.21. The molecule has 90 valence electrons. The molecule has 0 atom stereocenters. The van der Waals surface area contributed by atoms with Gasteiger partial charge in [0.15, 0.2) is 0 Å². The second-order valence-electron chi connectivity index (χ2n) is 3.67. The molecule has 0 aliphatic heterocycles. The molecule has 3 nitrogen and oxygen atoms in total. The average Bonchev–Trinajstić information content (AvgIpc) is 2.17. The molecule has 16 heavy (non-hydrogen) atoms. The molecular formula is C11H17F2N3. The predicted molar refractivity (Wildman–Crippen MR) is 60.7 cm³/mol. The monoisotopic (exact) mass is 229 g/mol. The van der Waals surface area contributed by atoms with E-state index in [1.165, 1.54) is 0 Å². The van der Waals surface area contributed by atoms with Crippen molar-refractivity contribution in [2.24, 2.45) is 0 Å². The van der Waals surface area contributed by atoms with Crippen LogP contribution in [0.4, 0.5) is 14.6 Å². The fourth-order valence-corrected chi connectivity index (χ4v) is 1.46. The van der Waals surface area contributed by atoms with E-state index in [0.29, 0.717) is 6.54 Å². The van der Waals surface area contributed by atoms with E-state index < -0.39 is 6.43 Å². The number of halogens is 2. The molecule has 0 aromatic carbocycles. The lowest BCUT2D eigenvalue weighted by Crippen LogP contribution is -2.24. The highest BCUT2D eigenvalue weighted by Crippen LogP contribution is 2.09. The van der Waals surface area contributed by atoms with Gasteiger partial charge < -0.3 is 5.32 Å². The fraction of sp³-hybridized carbons (Fsp3) is 0.545. The van der Waals surface area contributed by atoms with Gasteiger partial charge in [0, 0.05) is 19.3 Å². The summed E-state index contributed by atoms with van der Waals surface area (Å²) in [5, 5.41) is 3.08. The minimum Gasteiger partial charge on any atom is -0.370 e. The molecule has 0 bridgehead atoms. The van der Waals surface area contributed by atoms with E-state index in [9.17, 15) is 8.78 Å². The summed E-state index contributed by atoms with van der Waals surface area (Å²) in [7, 11) is 1.68. The van der Waals surface area contributed by atoms with Gasteiger partial charge in [-0.05, 0) is 31.7 Å². The number of hydrogen-bond donors (Lipinski definition) is 1. The van der Waals surface area contributed by atoms with Gasteiger partial charge in [-0.3, -0.25) is 4.90 Å². The Bertz CT molecular complexity index is 318. The number of rotatable bonds is 6. The molecular weight excluding hydrogens is 212 g/mol. The minimum absolute atomic E-state index is 0.209. The molecule has 0 aliphatic rings. The van der Waals surface area contributed by atoms with Crippen molar-refractivity contribution in [1.82, 2.24) is 9.88 Å². The molecule has 1 rings (SSSR count). The summed E-state index contributed by atoms with van der Waals surface area (Å²) in [5.41, 5.74) is 0.981. The summed E-state index contributed by atoms with van der Waals surface area (Å²) in [6.07, 6.45) is -0.608. The Hall–Kier alpha value is -1.23. The van der Waals surface area contributed by atoms with E-state index in [0.717, 1.165) is 17.9 Å². The summed E-state index contributed by atoms with van der Waals surface area (Å²) >= 11 is 0. The quantitative estimate of drug-likeness (QED) is 0.810. The van der Waals surface area contributed by atoms with Gasteiger partial charge >= 0.3 is 0 Å². The van der Waals surface area contributed by atoms with Crippen LogP contribution >= 0.6 is 0 Å². The van der Waals surface area contributed by atoms with Crippen LogP contribution in [0.5, 0.6) is 0 Å². The number of pyridine rings is 1. The van der Waals surface area contributed by atoms with E-state index in [4.69, 9.17) is 0 Å². The van der Waals surface area contributed by atoms with Crippen LogP contribution in [0.1, 0.15) is 12.5 Å². The van der Waals surface area contributed by atoms with Crippen LogP contribution in [-0.4, -0.2) is 36.4 Å². The van der Waals surface area contributed by atoms with E-state index in [1.54, 1.807) is 18.1 Å². The largest absolute Gasteiger partial charge is 0.370 e. The summed E-state index contributed by atoms with van der Waals surface area (Å²) < 4.78 is 24.2. The maximum atomic E-state index is 12.1. The van der Waals surface area contributed by atoms with E-state index in [2.05, 4.69) is 10.3 Å². The zero-order valence-corrected chi connectivity index (χ0v) is 9.58. The Balaban J connectivity index is 2.55. The normalized spacial score (nSPS) is 11.1. The van der Waals surface area contributed by atoms with Crippen LogP contribution in [0.3, 0.4) is 0 Å². The standard InChI is InChI=1S/C11H17F2N3/c1-3-14-11-6-9(4-5-15-11)7-16(2)8-10(12)13/h4-6,10H,3,7-8H2,1-2H3,(H,14,15). The fourth-order valence-electron chi connectivity index (χ4n) is 1.46. The number of hydrogen-bond acceptors (Lipinski definition) is 3. The number of alkyl halides is 2. The third-order valence-corrected chi connectivity index (χ3v) is 2.08. The van der Waals surface area contributed by atoms with Crippen molar-refractivity contribution < 1.29 is 8.78 Å². The molecule has 0 radical (unpaired) electrons. The Morgan fingerprint density at radius 1 is 1.50 bits per heavy atom. The first kappa shape index (κ1) is 12.8. The highest BCUT2D eigenvalue weighted by Gasteiger charge is 2.08. The zero-order valence-electron chi connectivity index (χ0n) is 9.58. The van der Waals surface area contributed by atoms with E-state index in [1.807, 2.05) is 19.1 Å². The van der Waals surface area contributed by atoms with Gasteiger partial charge in [0.1, 0.15) is 5.82 Å². The Morgan fingerprint density at radius 2 is 2.25 bits per heavy atom. The molecule has 0 fully saturated rings. The maximum Gasteiger partial charge on any atom is 0.251 e. The molecule has 0 saturated carbocycles. The van der Waals surface area contributed by atoms with Crippen LogP contribution < -0.4 is 5.32 Å². The smallest absolute Gasteiger partial charge is 0.251 e. The van der Waals surface area contributed by atoms with Crippen LogP contribution in [0, 0.1) is 0 Å². The van der Waals surface area contributed by atoms with Crippen LogP contribution in [0.25, 0.3) is 0 Å². The molecule has 0 spiro atoms. The van der Waals surface area contributed by atoms with Crippen molar-refractivity contribution in [2.45, 2.75) is 19.9 Å². The molecule has 1 N–H and O–H groups in total. The van der Waals surface area contributed by atoms with Gasteiger partial charge in [-0.1, -0.05) is 0 Å². The summed E-state index contributed by atoms with van der Waals surface area (Å²) in [6, 6.07) is 3.72. The van der Waals surface area contributed by atoms with Crippen LogP contribution in [0.2, 0.25) is 0 Å². The molecule has 0 unspecified atom stereocenters.